The van der Waals surface area contributed by atoms with Gasteiger partial charge < -0.3 is 14.8 Å². The number of amides is 1. The van der Waals surface area contributed by atoms with Gasteiger partial charge in [-0.1, -0.05) is 6.07 Å². The van der Waals surface area contributed by atoms with Gasteiger partial charge in [-0.2, -0.15) is 9.57 Å². The Labute approximate surface area is 196 Å². The second-order valence-corrected chi connectivity index (χ2v) is 9.32. The van der Waals surface area contributed by atoms with Crippen molar-refractivity contribution in [1.82, 2.24) is 4.31 Å². The average molecular weight is 482 g/mol. The highest BCUT2D eigenvalue weighted by atomic mass is 32.2. The van der Waals surface area contributed by atoms with Crippen molar-refractivity contribution in [3.8, 4) is 17.6 Å². The number of anilines is 1. The van der Waals surface area contributed by atoms with E-state index in [1.165, 1.54) is 58.9 Å². The molecule has 3 aromatic rings. The van der Waals surface area contributed by atoms with Crippen molar-refractivity contribution in [2.75, 3.05) is 31.6 Å². The van der Waals surface area contributed by atoms with E-state index in [0.717, 1.165) is 0 Å². The van der Waals surface area contributed by atoms with Gasteiger partial charge in [0.05, 0.1) is 35.4 Å². The molecular formula is C24H20FN3O5S. The number of nitrogens with zero attached hydrogens (tertiary/aromatic N) is 2. The molecular weight excluding hydrogens is 461 g/mol. The molecule has 1 aliphatic rings. The molecule has 10 heteroatoms. The van der Waals surface area contributed by atoms with Crippen molar-refractivity contribution in [1.29, 1.82) is 5.26 Å². The summed E-state index contributed by atoms with van der Waals surface area (Å²) in [5.74, 6) is -0.531. The third-order valence-electron chi connectivity index (χ3n) is 5.10. The highest BCUT2D eigenvalue weighted by molar-refractivity contribution is 7.89. The zero-order valence-corrected chi connectivity index (χ0v) is 18.7. The van der Waals surface area contributed by atoms with E-state index >= 15 is 0 Å². The number of nitrogens with one attached hydrogen (secondary N) is 1. The third-order valence-corrected chi connectivity index (χ3v) is 7.00. The van der Waals surface area contributed by atoms with Gasteiger partial charge in [-0.25, -0.2) is 12.8 Å². The highest BCUT2D eigenvalue weighted by Crippen LogP contribution is 2.33. The minimum Gasteiger partial charge on any atom is -0.455 e. The van der Waals surface area contributed by atoms with Crippen LogP contribution in [0.3, 0.4) is 0 Å². The van der Waals surface area contributed by atoms with E-state index < -0.39 is 21.7 Å². The first-order valence-corrected chi connectivity index (χ1v) is 11.8. The van der Waals surface area contributed by atoms with Crippen molar-refractivity contribution in [3.05, 3.63) is 83.7 Å². The van der Waals surface area contributed by atoms with E-state index in [9.17, 15) is 17.6 Å². The van der Waals surface area contributed by atoms with Gasteiger partial charge in [0.15, 0.2) is 5.75 Å². The summed E-state index contributed by atoms with van der Waals surface area (Å²) in [6.45, 7) is 1.03. The Balaban J connectivity index is 1.70. The summed E-state index contributed by atoms with van der Waals surface area (Å²) < 4.78 is 51.9. The number of ether oxygens (including phenoxy) is 2. The number of hydrogen-bond acceptors (Lipinski definition) is 6. The maximum Gasteiger partial charge on any atom is 0.255 e. The van der Waals surface area contributed by atoms with Gasteiger partial charge in [0.25, 0.3) is 5.91 Å². The molecule has 3 aromatic carbocycles. The van der Waals surface area contributed by atoms with Crippen molar-refractivity contribution in [3.63, 3.8) is 0 Å². The second-order valence-electron chi connectivity index (χ2n) is 7.38. The summed E-state index contributed by atoms with van der Waals surface area (Å²) in [5.41, 5.74) is 0.623. The van der Waals surface area contributed by atoms with Crippen LogP contribution in [0.25, 0.3) is 0 Å². The molecule has 1 aliphatic heterocycles. The Morgan fingerprint density at radius 3 is 2.50 bits per heavy atom. The van der Waals surface area contributed by atoms with Gasteiger partial charge in [-0.05, 0) is 60.7 Å². The largest absolute Gasteiger partial charge is 0.455 e. The first kappa shape index (κ1) is 23.4. The van der Waals surface area contributed by atoms with Crippen LogP contribution in [-0.4, -0.2) is 44.9 Å². The topological polar surface area (TPSA) is 109 Å². The number of benzene rings is 3. The van der Waals surface area contributed by atoms with Crippen LogP contribution >= 0.6 is 0 Å². The molecule has 0 bridgehead atoms. The molecule has 0 saturated carbocycles. The molecule has 34 heavy (non-hydrogen) atoms. The van der Waals surface area contributed by atoms with Crippen LogP contribution in [0.2, 0.25) is 0 Å². The summed E-state index contributed by atoms with van der Waals surface area (Å²) in [5, 5.41) is 11.8. The molecule has 0 aromatic heterocycles. The maximum absolute atomic E-state index is 13.3. The van der Waals surface area contributed by atoms with Gasteiger partial charge >= 0.3 is 0 Å². The summed E-state index contributed by atoms with van der Waals surface area (Å²) in [6, 6.07) is 17.5. The second kappa shape index (κ2) is 10.0. The van der Waals surface area contributed by atoms with Gasteiger partial charge in [-0.3, -0.25) is 4.79 Å². The van der Waals surface area contributed by atoms with Crippen molar-refractivity contribution in [2.45, 2.75) is 4.90 Å². The Bertz CT molecular complexity index is 1350. The number of carbonyl (C=O) groups excluding carboxylic acids is 1. The van der Waals surface area contributed by atoms with Crippen molar-refractivity contribution < 1.29 is 27.1 Å². The molecule has 1 amide bonds. The summed E-state index contributed by atoms with van der Waals surface area (Å²) in [4.78, 5) is 12.9. The number of halogens is 1. The Hall–Kier alpha value is -3.78. The molecule has 1 saturated heterocycles. The SMILES string of the molecule is N#Cc1cccc(C(=O)Nc2cc(S(=O)(=O)N3CCOCC3)ccc2Oc2ccc(F)cc2)c1. The predicted octanol–water partition coefficient (Wildman–Crippen LogP) is 3.76. The van der Waals surface area contributed by atoms with Crippen LogP contribution in [0.15, 0.2) is 71.6 Å². The molecule has 0 radical (unpaired) electrons. The van der Waals surface area contributed by atoms with Crippen molar-refractivity contribution >= 4 is 21.6 Å². The van der Waals surface area contributed by atoms with E-state index in [0.29, 0.717) is 24.5 Å². The minimum atomic E-state index is -3.84. The number of sulfonamides is 1. The minimum absolute atomic E-state index is 0.0260. The molecule has 174 valence electrons. The highest BCUT2D eigenvalue weighted by Gasteiger charge is 2.27. The fraction of sp³-hybridized carbons (Fsp3) is 0.167. The van der Waals surface area contributed by atoms with Gasteiger partial charge in [0.2, 0.25) is 10.0 Å². The van der Waals surface area contributed by atoms with E-state index in [-0.39, 0.29) is 35.0 Å². The van der Waals surface area contributed by atoms with Gasteiger partial charge in [-0.15, -0.1) is 0 Å². The molecule has 0 unspecified atom stereocenters. The molecule has 0 aliphatic carbocycles. The quantitative estimate of drug-likeness (QED) is 0.574. The predicted molar refractivity (Wildman–Crippen MR) is 122 cm³/mol. The fourth-order valence-electron chi connectivity index (χ4n) is 3.35. The van der Waals surface area contributed by atoms with Crippen LogP contribution < -0.4 is 10.1 Å². The Kier molecular flexibility index (Phi) is 6.88. The van der Waals surface area contributed by atoms with E-state index in [1.807, 2.05) is 6.07 Å². The summed E-state index contributed by atoms with van der Waals surface area (Å²) in [6.07, 6.45) is 0. The number of morpholine rings is 1. The molecule has 1 fully saturated rings. The molecule has 0 atom stereocenters. The number of rotatable bonds is 6. The van der Waals surface area contributed by atoms with E-state index in [4.69, 9.17) is 14.7 Å². The standard InChI is InChI=1S/C24H20FN3O5S/c25-19-4-6-20(7-5-19)33-23-9-8-21(34(30,31)28-10-12-32-13-11-28)15-22(23)27-24(29)18-3-1-2-17(14-18)16-26/h1-9,14-15H,10-13H2,(H,27,29). The monoisotopic (exact) mass is 481 g/mol. The van der Waals surface area contributed by atoms with Gasteiger partial charge in [0, 0.05) is 18.7 Å². The number of hydrogen-bond donors (Lipinski definition) is 1. The molecule has 8 nitrogen and oxygen atoms in total. The lowest BCUT2D eigenvalue weighted by Gasteiger charge is -2.26. The summed E-state index contributed by atoms with van der Waals surface area (Å²) in [7, 11) is -3.84. The van der Waals surface area contributed by atoms with Crippen LogP contribution in [0.4, 0.5) is 10.1 Å². The van der Waals surface area contributed by atoms with Crippen LogP contribution in [0.5, 0.6) is 11.5 Å². The maximum atomic E-state index is 13.3. The van der Waals surface area contributed by atoms with Gasteiger partial charge in [0.1, 0.15) is 11.6 Å². The zero-order chi connectivity index (χ0) is 24.1. The first-order valence-electron chi connectivity index (χ1n) is 10.3. The smallest absolute Gasteiger partial charge is 0.255 e. The number of nitriles is 1. The van der Waals surface area contributed by atoms with E-state index in [1.54, 1.807) is 12.1 Å². The molecule has 4 rings (SSSR count). The zero-order valence-electron chi connectivity index (χ0n) is 17.9. The summed E-state index contributed by atoms with van der Waals surface area (Å²) >= 11 is 0. The van der Waals surface area contributed by atoms with Crippen LogP contribution in [0, 0.1) is 17.1 Å². The fourth-order valence-corrected chi connectivity index (χ4v) is 4.78. The third kappa shape index (κ3) is 5.23. The molecule has 1 N–H and O–H groups in total. The first-order chi connectivity index (χ1) is 16.4. The van der Waals surface area contributed by atoms with E-state index in [2.05, 4.69) is 5.32 Å². The van der Waals surface area contributed by atoms with Crippen molar-refractivity contribution in [2.24, 2.45) is 0 Å². The lowest BCUT2D eigenvalue weighted by Crippen LogP contribution is -2.40. The van der Waals surface area contributed by atoms with Crippen LogP contribution in [-0.2, 0) is 14.8 Å². The Morgan fingerprint density at radius 2 is 1.79 bits per heavy atom. The van der Waals surface area contributed by atoms with Crippen LogP contribution in [0.1, 0.15) is 15.9 Å². The molecule has 1 heterocycles. The normalized spacial score (nSPS) is 14.2. The molecule has 0 spiro atoms. The average Bonchev–Trinajstić information content (AvgIpc) is 2.86. The Morgan fingerprint density at radius 1 is 1.06 bits per heavy atom. The number of carbonyl (C=O) groups is 1. The lowest BCUT2D eigenvalue weighted by atomic mass is 10.1. The lowest BCUT2D eigenvalue weighted by molar-refractivity contribution is 0.0730.